The van der Waals surface area contributed by atoms with Gasteiger partial charge in [0.2, 0.25) is 4.96 Å². The second-order valence-corrected chi connectivity index (χ2v) is 4.98. The topological polar surface area (TPSA) is 102 Å². The number of aliphatic hydroxyl groups excluding tert-OH is 1. The van der Waals surface area contributed by atoms with E-state index in [9.17, 15) is 5.11 Å². The van der Waals surface area contributed by atoms with Gasteiger partial charge in [-0.25, -0.2) is 0 Å². The predicted molar refractivity (Wildman–Crippen MR) is 70.5 cm³/mol. The van der Waals surface area contributed by atoms with Crippen LogP contribution in [0, 0.1) is 0 Å². The van der Waals surface area contributed by atoms with E-state index in [2.05, 4.69) is 20.3 Å². The van der Waals surface area contributed by atoms with Crippen LogP contribution in [0.25, 0.3) is 16.3 Å². The van der Waals surface area contributed by atoms with E-state index in [1.807, 2.05) is 12.1 Å². The number of nitrogens with zero attached hydrogens (tertiary/aromatic N) is 5. The van der Waals surface area contributed by atoms with Gasteiger partial charge in [0.1, 0.15) is 11.1 Å². The van der Waals surface area contributed by atoms with Crippen molar-refractivity contribution in [3.63, 3.8) is 0 Å². The summed E-state index contributed by atoms with van der Waals surface area (Å²) in [5.41, 5.74) is 6.26. The van der Waals surface area contributed by atoms with Gasteiger partial charge in [-0.05, 0) is 25.1 Å². The molecule has 19 heavy (non-hydrogen) atoms. The van der Waals surface area contributed by atoms with E-state index in [0.29, 0.717) is 28.8 Å². The SMILES string of the molecule is NCCC(O)c1nn2c(-c3cccnc3)nnc2s1. The van der Waals surface area contributed by atoms with Crippen molar-refractivity contribution >= 4 is 16.3 Å². The van der Waals surface area contributed by atoms with Gasteiger partial charge < -0.3 is 10.8 Å². The zero-order valence-electron chi connectivity index (χ0n) is 9.97. The maximum Gasteiger partial charge on any atom is 0.235 e. The maximum atomic E-state index is 9.90. The summed E-state index contributed by atoms with van der Waals surface area (Å²) in [4.78, 5) is 4.69. The van der Waals surface area contributed by atoms with E-state index < -0.39 is 6.10 Å². The summed E-state index contributed by atoms with van der Waals surface area (Å²) in [7, 11) is 0. The van der Waals surface area contributed by atoms with E-state index in [1.54, 1.807) is 16.9 Å². The zero-order chi connectivity index (χ0) is 13.2. The molecule has 0 aromatic carbocycles. The maximum absolute atomic E-state index is 9.90. The summed E-state index contributed by atoms with van der Waals surface area (Å²) < 4.78 is 1.62. The largest absolute Gasteiger partial charge is 0.386 e. The zero-order valence-corrected chi connectivity index (χ0v) is 10.8. The highest BCUT2D eigenvalue weighted by Crippen LogP contribution is 2.25. The molecule has 3 aromatic heterocycles. The smallest absolute Gasteiger partial charge is 0.235 e. The fourth-order valence-corrected chi connectivity index (χ4v) is 2.58. The molecule has 0 aliphatic rings. The van der Waals surface area contributed by atoms with Crippen molar-refractivity contribution in [3.05, 3.63) is 29.5 Å². The van der Waals surface area contributed by atoms with Gasteiger partial charge in [-0.2, -0.15) is 9.61 Å². The Morgan fingerprint density at radius 2 is 2.32 bits per heavy atom. The highest BCUT2D eigenvalue weighted by atomic mass is 32.1. The molecule has 3 rings (SSSR count). The lowest BCUT2D eigenvalue weighted by molar-refractivity contribution is 0.169. The molecule has 8 heteroatoms. The van der Waals surface area contributed by atoms with Crippen molar-refractivity contribution < 1.29 is 5.11 Å². The Balaban J connectivity index is 2.03. The lowest BCUT2D eigenvalue weighted by Gasteiger charge is -2.02. The molecule has 0 bridgehead atoms. The quantitative estimate of drug-likeness (QED) is 0.724. The highest BCUT2D eigenvalue weighted by molar-refractivity contribution is 7.16. The second kappa shape index (κ2) is 5.00. The van der Waals surface area contributed by atoms with Crippen LogP contribution in [0.4, 0.5) is 0 Å². The van der Waals surface area contributed by atoms with Gasteiger partial charge in [0, 0.05) is 18.0 Å². The monoisotopic (exact) mass is 276 g/mol. The average molecular weight is 276 g/mol. The summed E-state index contributed by atoms with van der Waals surface area (Å²) in [5.74, 6) is 0.616. The van der Waals surface area contributed by atoms with Crippen LogP contribution in [0.3, 0.4) is 0 Å². The minimum atomic E-state index is -0.654. The number of aliphatic hydroxyl groups is 1. The van der Waals surface area contributed by atoms with Gasteiger partial charge >= 0.3 is 0 Å². The Hall–Kier alpha value is -1.90. The summed E-state index contributed by atoms with van der Waals surface area (Å²) in [6.07, 6.45) is 3.22. The normalized spacial score (nSPS) is 12.9. The Bertz CT molecular complexity index is 679. The Morgan fingerprint density at radius 3 is 3.05 bits per heavy atom. The summed E-state index contributed by atoms with van der Waals surface area (Å²) in [6.45, 7) is 0.413. The van der Waals surface area contributed by atoms with Crippen molar-refractivity contribution in [2.45, 2.75) is 12.5 Å². The first-order valence-electron chi connectivity index (χ1n) is 5.80. The first kappa shape index (κ1) is 12.2. The molecule has 0 spiro atoms. The second-order valence-electron chi connectivity index (χ2n) is 3.99. The van der Waals surface area contributed by atoms with Crippen LogP contribution in [-0.4, -0.2) is 36.4 Å². The van der Waals surface area contributed by atoms with Crippen molar-refractivity contribution in [1.82, 2.24) is 24.8 Å². The average Bonchev–Trinajstić information content (AvgIpc) is 2.99. The number of pyridine rings is 1. The molecule has 0 saturated heterocycles. The Morgan fingerprint density at radius 1 is 1.42 bits per heavy atom. The molecule has 3 aromatic rings. The van der Waals surface area contributed by atoms with Crippen LogP contribution < -0.4 is 5.73 Å². The fraction of sp³-hybridized carbons (Fsp3) is 0.273. The third-order valence-corrected chi connectivity index (χ3v) is 3.65. The van der Waals surface area contributed by atoms with Crippen molar-refractivity contribution in [1.29, 1.82) is 0 Å². The molecule has 0 aliphatic heterocycles. The molecule has 0 radical (unpaired) electrons. The molecule has 7 nitrogen and oxygen atoms in total. The molecule has 3 heterocycles. The van der Waals surface area contributed by atoms with Crippen molar-refractivity contribution in [3.8, 4) is 11.4 Å². The van der Waals surface area contributed by atoms with Crippen molar-refractivity contribution in [2.24, 2.45) is 5.73 Å². The number of hydrogen-bond donors (Lipinski definition) is 2. The Kier molecular flexibility index (Phi) is 3.20. The van der Waals surface area contributed by atoms with E-state index in [1.165, 1.54) is 11.3 Å². The summed E-state index contributed by atoms with van der Waals surface area (Å²) >= 11 is 1.31. The van der Waals surface area contributed by atoms with Crippen LogP contribution >= 0.6 is 11.3 Å². The van der Waals surface area contributed by atoms with Gasteiger partial charge in [0.15, 0.2) is 5.82 Å². The lowest BCUT2D eigenvalue weighted by Crippen LogP contribution is -2.07. The standard InChI is InChI=1S/C11H12N6OS/c12-4-3-8(18)10-16-17-9(14-15-11(17)19-10)7-2-1-5-13-6-7/h1-2,5-6,8,18H,3-4,12H2. The van der Waals surface area contributed by atoms with E-state index in [-0.39, 0.29) is 0 Å². The molecule has 3 N–H and O–H groups in total. The first-order valence-corrected chi connectivity index (χ1v) is 6.62. The molecule has 0 fully saturated rings. The molecule has 1 atom stereocenters. The number of hydrogen-bond acceptors (Lipinski definition) is 7. The fourth-order valence-electron chi connectivity index (χ4n) is 1.72. The Labute approximate surface area is 112 Å². The summed E-state index contributed by atoms with van der Waals surface area (Å²) in [5, 5.41) is 23.0. The molecule has 98 valence electrons. The molecular formula is C11H12N6OS. The van der Waals surface area contributed by atoms with Gasteiger partial charge in [-0.3, -0.25) is 4.98 Å². The minimum Gasteiger partial charge on any atom is -0.386 e. The van der Waals surface area contributed by atoms with Crippen molar-refractivity contribution in [2.75, 3.05) is 6.54 Å². The third-order valence-electron chi connectivity index (χ3n) is 2.65. The predicted octanol–water partition coefficient (Wildman–Crippen LogP) is 0.630. The van der Waals surface area contributed by atoms with Gasteiger partial charge in [0.25, 0.3) is 0 Å². The lowest BCUT2D eigenvalue weighted by atomic mass is 10.3. The first-order chi connectivity index (χ1) is 9.29. The highest BCUT2D eigenvalue weighted by Gasteiger charge is 2.17. The van der Waals surface area contributed by atoms with E-state index in [0.717, 1.165) is 5.56 Å². The van der Waals surface area contributed by atoms with Gasteiger partial charge in [0.05, 0.1) is 0 Å². The summed E-state index contributed by atoms with van der Waals surface area (Å²) in [6, 6.07) is 3.71. The van der Waals surface area contributed by atoms with E-state index >= 15 is 0 Å². The molecule has 0 saturated carbocycles. The van der Waals surface area contributed by atoms with Gasteiger partial charge in [-0.15, -0.1) is 10.2 Å². The third kappa shape index (κ3) is 2.21. The van der Waals surface area contributed by atoms with Crippen LogP contribution in [0.15, 0.2) is 24.5 Å². The molecule has 1 unspecified atom stereocenters. The number of fused-ring (bicyclic) bond motifs is 1. The molecule has 0 amide bonds. The van der Waals surface area contributed by atoms with Crippen LogP contribution in [-0.2, 0) is 0 Å². The number of rotatable bonds is 4. The van der Waals surface area contributed by atoms with E-state index in [4.69, 9.17) is 5.73 Å². The van der Waals surface area contributed by atoms with Crippen LogP contribution in [0.1, 0.15) is 17.5 Å². The molecule has 0 aliphatic carbocycles. The van der Waals surface area contributed by atoms with Crippen LogP contribution in [0.5, 0.6) is 0 Å². The molecular weight excluding hydrogens is 264 g/mol. The minimum absolute atomic E-state index is 0.413. The van der Waals surface area contributed by atoms with Gasteiger partial charge in [-0.1, -0.05) is 11.3 Å². The van der Waals surface area contributed by atoms with Crippen LogP contribution in [0.2, 0.25) is 0 Å². The number of aromatic nitrogens is 5. The number of nitrogens with two attached hydrogens (primary N) is 1.